The topological polar surface area (TPSA) is 99.6 Å². The first kappa shape index (κ1) is 21.1. The summed E-state index contributed by atoms with van der Waals surface area (Å²) < 4.78 is 1.25. The lowest BCUT2D eigenvalue weighted by molar-refractivity contribution is -0.136. The summed E-state index contributed by atoms with van der Waals surface area (Å²) in [6.07, 6.45) is 2.95. The van der Waals surface area contributed by atoms with Crippen molar-refractivity contribution in [2.45, 2.75) is 44.7 Å². The number of anilines is 1. The molecule has 0 radical (unpaired) electrons. The van der Waals surface area contributed by atoms with Crippen LogP contribution in [0.5, 0.6) is 0 Å². The lowest BCUT2D eigenvalue weighted by Crippen LogP contribution is -2.52. The van der Waals surface area contributed by atoms with E-state index in [1.807, 2.05) is 25.1 Å². The number of fused-ring (bicyclic) bond motifs is 1. The van der Waals surface area contributed by atoms with Crippen molar-refractivity contribution in [2.75, 3.05) is 44.2 Å². The van der Waals surface area contributed by atoms with Gasteiger partial charge in [0.2, 0.25) is 5.91 Å². The molecule has 170 valence electrons. The smallest absolute Gasteiger partial charge is 0.275 e. The maximum atomic E-state index is 13.1. The summed E-state index contributed by atoms with van der Waals surface area (Å²) in [5.41, 5.74) is 1.52. The molecule has 9 nitrogen and oxygen atoms in total. The van der Waals surface area contributed by atoms with Gasteiger partial charge in [-0.1, -0.05) is 0 Å². The molecule has 3 fully saturated rings. The number of carbonyl (C=O) groups excluding carboxylic acids is 2. The number of carbonyl (C=O) groups is 2. The lowest BCUT2D eigenvalue weighted by atomic mass is 10.0. The molecule has 0 spiro atoms. The average molecular weight is 439 g/mol. The zero-order chi connectivity index (χ0) is 22.2. The molecule has 2 N–H and O–H groups in total. The van der Waals surface area contributed by atoms with Gasteiger partial charge in [-0.3, -0.25) is 24.6 Å². The molecule has 4 heterocycles. The van der Waals surface area contributed by atoms with E-state index in [0.717, 1.165) is 50.3 Å². The molecule has 0 saturated carbocycles. The van der Waals surface area contributed by atoms with E-state index < -0.39 is 11.9 Å². The molecular weight excluding hydrogens is 408 g/mol. The molecule has 2 amide bonds. The summed E-state index contributed by atoms with van der Waals surface area (Å²) in [6, 6.07) is 5.84. The first-order valence-electron chi connectivity index (χ1n) is 11.6. The summed E-state index contributed by atoms with van der Waals surface area (Å²) in [6.45, 7) is 8.12. The summed E-state index contributed by atoms with van der Waals surface area (Å²) >= 11 is 0. The van der Waals surface area contributed by atoms with Crippen LogP contribution < -0.4 is 21.1 Å². The second kappa shape index (κ2) is 8.63. The number of piperidine rings is 2. The van der Waals surface area contributed by atoms with Crippen molar-refractivity contribution in [1.82, 2.24) is 25.3 Å². The normalized spacial score (nSPS) is 23.5. The van der Waals surface area contributed by atoms with Gasteiger partial charge in [-0.2, -0.15) is 5.10 Å². The predicted octanol–water partition coefficient (Wildman–Crippen LogP) is 0.557. The number of piperazine rings is 1. The van der Waals surface area contributed by atoms with Crippen LogP contribution in [-0.4, -0.2) is 71.8 Å². The second-order valence-corrected chi connectivity index (χ2v) is 9.04. The van der Waals surface area contributed by atoms with E-state index >= 15 is 0 Å². The van der Waals surface area contributed by atoms with Crippen LogP contribution in [0, 0.1) is 6.92 Å². The van der Waals surface area contributed by atoms with Crippen LogP contribution in [0.4, 0.5) is 5.69 Å². The van der Waals surface area contributed by atoms with Crippen molar-refractivity contribution in [3.8, 4) is 0 Å². The number of amides is 2. The molecule has 1 aromatic carbocycles. The Morgan fingerprint density at radius 1 is 0.969 bits per heavy atom. The molecule has 3 aliphatic heterocycles. The average Bonchev–Trinajstić information content (AvgIpc) is 2.82. The van der Waals surface area contributed by atoms with Gasteiger partial charge in [-0.05, 0) is 57.5 Å². The van der Waals surface area contributed by atoms with Gasteiger partial charge < -0.3 is 10.2 Å². The molecule has 3 aliphatic rings. The highest BCUT2D eigenvalue weighted by molar-refractivity contribution is 5.99. The van der Waals surface area contributed by atoms with Crippen LogP contribution in [0.15, 0.2) is 23.0 Å². The molecule has 3 saturated heterocycles. The van der Waals surface area contributed by atoms with Crippen molar-refractivity contribution in [1.29, 1.82) is 0 Å². The minimum atomic E-state index is -0.744. The van der Waals surface area contributed by atoms with Gasteiger partial charge in [-0.15, -0.1) is 0 Å². The minimum absolute atomic E-state index is 0.212. The van der Waals surface area contributed by atoms with Crippen molar-refractivity contribution >= 4 is 28.3 Å². The van der Waals surface area contributed by atoms with Crippen LogP contribution >= 0.6 is 0 Å². The Hall–Kier alpha value is -2.78. The van der Waals surface area contributed by atoms with Crippen LogP contribution in [-0.2, 0) is 9.59 Å². The van der Waals surface area contributed by atoms with Gasteiger partial charge in [0.25, 0.3) is 11.5 Å². The summed E-state index contributed by atoms with van der Waals surface area (Å²) in [5.74, 6) is -0.764. The number of nitrogens with zero attached hydrogens (tertiary/aromatic N) is 4. The summed E-state index contributed by atoms with van der Waals surface area (Å²) in [4.78, 5) is 41.8. The SMILES string of the molecule is Cc1nn(C2CCC(=O)NC2=O)c(=O)c2ccc(N3CCN(C4CCNCC4)CC3)cc12. The van der Waals surface area contributed by atoms with Crippen molar-refractivity contribution in [3.63, 3.8) is 0 Å². The van der Waals surface area contributed by atoms with Gasteiger partial charge in [0.15, 0.2) is 0 Å². The maximum Gasteiger partial charge on any atom is 0.275 e. The fourth-order valence-electron chi connectivity index (χ4n) is 5.24. The zero-order valence-electron chi connectivity index (χ0n) is 18.5. The molecule has 32 heavy (non-hydrogen) atoms. The van der Waals surface area contributed by atoms with Crippen molar-refractivity contribution in [2.24, 2.45) is 0 Å². The number of aromatic nitrogens is 2. The minimum Gasteiger partial charge on any atom is -0.369 e. The molecule has 5 rings (SSSR count). The number of imide groups is 1. The fourth-order valence-corrected chi connectivity index (χ4v) is 5.24. The monoisotopic (exact) mass is 438 g/mol. The zero-order valence-corrected chi connectivity index (χ0v) is 18.5. The van der Waals surface area contributed by atoms with E-state index in [2.05, 4.69) is 25.5 Å². The highest BCUT2D eigenvalue weighted by Gasteiger charge is 2.30. The molecule has 9 heteroatoms. The van der Waals surface area contributed by atoms with Crippen molar-refractivity contribution in [3.05, 3.63) is 34.2 Å². The highest BCUT2D eigenvalue weighted by atomic mass is 16.2. The van der Waals surface area contributed by atoms with E-state index in [0.29, 0.717) is 23.5 Å². The Bertz CT molecular complexity index is 1100. The van der Waals surface area contributed by atoms with Crippen LogP contribution in [0.25, 0.3) is 10.8 Å². The third kappa shape index (κ3) is 3.91. The lowest BCUT2D eigenvalue weighted by Gasteiger charge is -2.41. The Morgan fingerprint density at radius 3 is 2.44 bits per heavy atom. The molecule has 2 aromatic rings. The van der Waals surface area contributed by atoms with Crippen LogP contribution in [0.3, 0.4) is 0 Å². The summed E-state index contributed by atoms with van der Waals surface area (Å²) in [5, 5.41) is 11.6. The summed E-state index contributed by atoms with van der Waals surface area (Å²) in [7, 11) is 0. The Balaban J connectivity index is 1.37. The van der Waals surface area contributed by atoms with Gasteiger partial charge in [-0.25, -0.2) is 4.68 Å². The van der Waals surface area contributed by atoms with Gasteiger partial charge in [0, 0.05) is 49.7 Å². The number of hydrogen-bond acceptors (Lipinski definition) is 7. The highest BCUT2D eigenvalue weighted by Crippen LogP contribution is 2.25. The van der Waals surface area contributed by atoms with Gasteiger partial charge in [0.1, 0.15) is 6.04 Å². The van der Waals surface area contributed by atoms with E-state index in [1.54, 1.807) is 0 Å². The Kier molecular flexibility index (Phi) is 5.69. The Morgan fingerprint density at radius 2 is 1.72 bits per heavy atom. The number of hydrogen-bond donors (Lipinski definition) is 2. The molecule has 1 aromatic heterocycles. The number of rotatable bonds is 3. The molecule has 1 unspecified atom stereocenters. The third-order valence-electron chi connectivity index (χ3n) is 7.10. The van der Waals surface area contributed by atoms with Gasteiger partial charge >= 0.3 is 0 Å². The van der Waals surface area contributed by atoms with E-state index in [9.17, 15) is 14.4 Å². The van der Waals surface area contributed by atoms with Gasteiger partial charge in [0.05, 0.1) is 11.1 Å². The molecule has 1 atom stereocenters. The van der Waals surface area contributed by atoms with E-state index in [-0.39, 0.29) is 17.9 Å². The maximum absolute atomic E-state index is 13.1. The molecule has 0 bridgehead atoms. The number of benzene rings is 1. The molecular formula is C23H30N6O3. The van der Waals surface area contributed by atoms with E-state index in [4.69, 9.17) is 0 Å². The largest absolute Gasteiger partial charge is 0.369 e. The van der Waals surface area contributed by atoms with E-state index in [1.165, 1.54) is 17.5 Å². The van der Waals surface area contributed by atoms with Crippen molar-refractivity contribution < 1.29 is 9.59 Å². The first-order chi connectivity index (χ1) is 15.5. The third-order valence-corrected chi connectivity index (χ3v) is 7.10. The predicted molar refractivity (Wildman–Crippen MR) is 122 cm³/mol. The quantitative estimate of drug-likeness (QED) is 0.676. The standard InChI is InChI=1S/C23H30N6O3/c1-15-19-14-17(28-12-10-27(11-13-28)16-6-8-24-9-7-16)2-3-18(19)23(32)29(26-15)20-4-5-21(30)25-22(20)31/h2-3,14,16,20,24H,4-13H2,1H3,(H,25,30,31). The van der Waals surface area contributed by atoms with Crippen LogP contribution in [0.2, 0.25) is 0 Å². The molecule has 0 aliphatic carbocycles. The number of aryl methyl sites for hydroxylation is 1. The number of nitrogens with one attached hydrogen (secondary N) is 2. The fraction of sp³-hybridized carbons (Fsp3) is 0.565. The van der Waals surface area contributed by atoms with Crippen LogP contribution in [0.1, 0.15) is 37.4 Å². The Labute approximate surface area is 186 Å². The first-order valence-corrected chi connectivity index (χ1v) is 11.6. The second-order valence-electron chi connectivity index (χ2n) is 9.04.